The van der Waals surface area contributed by atoms with Gasteiger partial charge in [0.15, 0.2) is 0 Å². The number of rotatable bonds is 3. The van der Waals surface area contributed by atoms with Gasteiger partial charge >= 0.3 is 0 Å². The average Bonchev–Trinajstić information content (AvgIpc) is 3.04. The van der Waals surface area contributed by atoms with Crippen LogP contribution in [0.3, 0.4) is 0 Å². The van der Waals surface area contributed by atoms with Gasteiger partial charge in [0.25, 0.3) is 11.8 Å². The summed E-state index contributed by atoms with van der Waals surface area (Å²) >= 11 is 6.38. The Bertz CT molecular complexity index is 1090. The Morgan fingerprint density at radius 3 is 2.50 bits per heavy atom. The summed E-state index contributed by atoms with van der Waals surface area (Å²) in [5.74, 6) is -0.725. The minimum Gasteiger partial charge on any atom is -0.350 e. The van der Waals surface area contributed by atoms with E-state index in [2.05, 4.69) is 5.32 Å². The van der Waals surface area contributed by atoms with E-state index in [1.165, 1.54) is 0 Å². The molecule has 0 fully saturated rings. The lowest BCUT2D eigenvalue weighted by molar-refractivity contribution is 0.0880. The van der Waals surface area contributed by atoms with Crippen molar-refractivity contribution in [3.63, 3.8) is 0 Å². The molecule has 134 valence electrons. The second-order valence-electron chi connectivity index (χ2n) is 6.83. The highest BCUT2D eigenvalue weighted by Gasteiger charge is 2.34. The van der Waals surface area contributed by atoms with Crippen molar-refractivity contribution in [3.8, 4) is 11.1 Å². The lowest BCUT2D eigenvalue weighted by Crippen LogP contribution is -2.20. The van der Waals surface area contributed by atoms with E-state index >= 15 is 0 Å². The third kappa shape index (κ3) is 2.43. The lowest BCUT2D eigenvalue weighted by Gasteiger charge is -2.12. The molecule has 0 saturated carbocycles. The van der Waals surface area contributed by atoms with Gasteiger partial charge in [0.2, 0.25) is 0 Å². The minimum atomic E-state index is -0.374. The Labute approximate surface area is 157 Å². The first kappa shape index (κ1) is 16.8. The maximum Gasteiger partial charge on any atom is 0.259 e. The smallest absolute Gasteiger partial charge is 0.259 e. The van der Waals surface area contributed by atoms with Crippen LogP contribution >= 0.6 is 11.6 Å². The molecule has 2 amide bonds. The SMILES string of the molecule is CN(C)Cc1cn(C)c2cc(-c3ccccc3Cl)c3c(c12)C(=O)NC3=O.[HH]. The molecule has 0 atom stereocenters. The molecule has 6 heteroatoms. The number of hydrogen-bond acceptors (Lipinski definition) is 3. The van der Waals surface area contributed by atoms with E-state index in [0.29, 0.717) is 28.3 Å². The van der Waals surface area contributed by atoms with Crippen molar-refractivity contribution in [1.82, 2.24) is 14.8 Å². The Balaban J connectivity index is 0.00000210. The number of amides is 2. The number of fused-ring (bicyclic) bond motifs is 3. The summed E-state index contributed by atoms with van der Waals surface area (Å²) in [6.07, 6.45) is 2.01. The van der Waals surface area contributed by atoms with Gasteiger partial charge in [-0.3, -0.25) is 14.9 Å². The highest BCUT2D eigenvalue weighted by molar-refractivity contribution is 6.35. The number of carbonyl (C=O) groups excluding carboxylic acids is 2. The van der Waals surface area contributed by atoms with Crippen LogP contribution in [0.25, 0.3) is 22.0 Å². The summed E-state index contributed by atoms with van der Waals surface area (Å²) in [6, 6.07) is 9.31. The van der Waals surface area contributed by atoms with E-state index in [0.717, 1.165) is 22.0 Å². The highest BCUT2D eigenvalue weighted by atomic mass is 35.5. The number of aryl methyl sites for hydroxylation is 1. The van der Waals surface area contributed by atoms with E-state index in [-0.39, 0.29) is 13.2 Å². The van der Waals surface area contributed by atoms with E-state index < -0.39 is 0 Å². The standard InChI is InChI=1S/C20H18ClN3O2.H2/c1-23(2)9-11-10-24(3)15-8-13(12-6-4-5-7-14(12)21)17-18(16(11)15)20(26)22-19(17)25;/h4-8,10H,9H2,1-3H3,(H,22,25,26);1H. The van der Waals surface area contributed by atoms with Gasteiger partial charge in [-0.15, -0.1) is 0 Å². The first-order valence-corrected chi connectivity index (χ1v) is 8.66. The summed E-state index contributed by atoms with van der Waals surface area (Å²) in [7, 11) is 5.89. The van der Waals surface area contributed by atoms with Crippen molar-refractivity contribution < 1.29 is 11.0 Å². The van der Waals surface area contributed by atoms with Crippen molar-refractivity contribution in [2.45, 2.75) is 6.54 Å². The molecule has 1 aliphatic heterocycles. The molecular formula is C20H20ClN3O2. The number of nitrogens with zero attached hydrogens (tertiary/aromatic N) is 2. The number of imide groups is 1. The normalized spacial score (nSPS) is 13.6. The third-order valence-corrected chi connectivity index (χ3v) is 5.02. The molecule has 0 aliphatic carbocycles. The second kappa shape index (κ2) is 5.97. The molecule has 3 aromatic rings. The lowest BCUT2D eigenvalue weighted by atomic mass is 9.92. The summed E-state index contributed by atoms with van der Waals surface area (Å²) in [5, 5.41) is 3.82. The van der Waals surface area contributed by atoms with Crippen LogP contribution in [0.5, 0.6) is 0 Å². The molecule has 0 unspecified atom stereocenters. The molecule has 1 aliphatic rings. The first-order valence-electron chi connectivity index (χ1n) is 8.28. The number of carbonyl (C=O) groups is 2. The molecule has 2 aromatic carbocycles. The van der Waals surface area contributed by atoms with Crippen LogP contribution in [0, 0.1) is 0 Å². The van der Waals surface area contributed by atoms with Gasteiger partial charge in [-0.2, -0.15) is 0 Å². The van der Waals surface area contributed by atoms with E-state index in [1.54, 1.807) is 6.07 Å². The monoisotopic (exact) mass is 369 g/mol. The van der Waals surface area contributed by atoms with E-state index in [4.69, 9.17) is 11.6 Å². The van der Waals surface area contributed by atoms with Crippen LogP contribution in [-0.2, 0) is 13.6 Å². The Morgan fingerprint density at radius 2 is 1.81 bits per heavy atom. The summed E-state index contributed by atoms with van der Waals surface area (Å²) < 4.78 is 1.99. The fourth-order valence-electron chi connectivity index (χ4n) is 3.68. The number of hydrogen-bond donors (Lipinski definition) is 1. The maximum absolute atomic E-state index is 12.6. The fourth-order valence-corrected chi connectivity index (χ4v) is 3.92. The topological polar surface area (TPSA) is 54.3 Å². The van der Waals surface area contributed by atoms with Crippen molar-refractivity contribution >= 4 is 34.3 Å². The molecular weight excluding hydrogens is 350 g/mol. The van der Waals surface area contributed by atoms with Gasteiger partial charge in [0.05, 0.1) is 11.1 Å². The zero-order valence-corrected chi connectivity index (χ0v) is 15.5. The Hall–Kier alpha value is -2.63. The average molecular weight is 370 g/mol. The number of nitrogens with one attached hydrogen (secondary N) is 1. The quantitative estimate of drug-likeness (QED) is 0.716. The van der Waals surface area contributed by atoms with Crippen molar-refractivity contribution in [3.05, 3.63) is 58.2 Å². The molecule has 0 bridgehead atoms. The molecule has 0 saturated heterocycles. The van der Waals surface area contributed by atoms with Crippen LogP contribution in [0.1, 0.15) is 27.7 Å². The van der Waals surface area contributed by atoms with Crippen LogP contribution in [0.2, 0.25) is 5.02 Å². The van der Waals surface area contributed by atoms with Gasteiger partial charge < -0.3 is 9.47 Å². The van der Waals surface area contributed by atoms with Gasteiger partial charge in [-0.25, -0.2) is 0 Å². The minimum absolute atomic E-state index is 0. The van der Waals surface area contributed by atoms with E-state index in [9.17, 15) is 9.59 Å². The zero-order chi connectivity index (χ0) is 18.6. The van der Waals surface area contributed by atoms with Gasteiger partial charge in [0.1, 0.15) is 0 Å². The molecule has 1 aromatic heterocycles. The molecule has 5 nitrogen and oxygen atoms in total. The van der Waals surface area contributed by atoms with Gasteiger partial charge in [-0.05, 0) is 37.4 Å². The fraction of sp³-hybridized carbons (Fsp3) is 0.200. The number of halogens is 1. The molecule has 0 radical (unpaired) electrons. The van der Waals surface area contributed by atoms with Crippen molar-refractivity contribution in [1.29, 1.82) is 0 Å². The van der Waals surface area contributed by atoms with Crippen LogP contribution in [0.4, 0.5) is 0 Å². The number of benzene rings is 2. The van der Waals surface area contributed by atoms with Crippen molar-refractivity contribution in [2.75, 3.05) is 14.1 Å². The summed E-state index contributed by atoms with van der Waals surface area (Å²) in [6.45, 7) is 0.677. The first-order chi connectivity index (χ1) is 12.4. The summed E-state index contributed by atoms with van der Waals surface area (Å²) in [4.78, 5) is 27.2. The molecule has 2 heterocycles. The molecule has 26 heavy (non-hydrogen) atoms. The van der Waals surface area contributed by atoms with Crippen molar-refractivity contribution in [2.24, 2.45) is 7.05 Å². The Kier molecular flexibility index (Phi) is 3.86. The number of aromatic nitrogens is 1. The third-order valence-electron chi connectivity index (χ3n) is 4.69. The highest BCUT2D eigenvalue weighted by Crippen LogP contribution is 2.39. The summed E-state index contributed by atoms with van der Waals surface area (Å²) in [5.41, 5.74) is 4.19. The zero-order valence-electron chi connectivity index (χ0n) is 14.8. The predicted molar refractivity (Wildman–Crippen MR) is 105 cm³/mol. The van der Waals surface area contributed by atoms with Crippen LogP contribution in [0.15, 0.2) is 36.5 Å². The Morgan fingerprint density at radius 1 is 1.12 bits per heavy atom. The predicted octanol–water partition coefficient (Wildman–Crippen LogP) is 3.69. The van der Waals surface area contributed by atoms with Gasteiger partial charge in [0, 0.05) is 42.7 Å². The molecule has 4 rings (SSSR count). The second-order valence-corrected chi connectivity index (χ2v) is 7.24. The maximum atomic E-state index is 12.6. The molecule has 0 spiro atoms. The van der Waals surface area contributed by atoms with Crippen LogP contribution < -0.4 is 5.32 Å². The van der Waals surface area contributed by atoms with Gasteiger partial charge in [-0.1, -0.05) is 29.8 Å². The van der Waals surface area contributed by atoms with E-state index in [1.807, 2.05) is 61.1 Å². The van der Waals surface area contributed by atoms with Crippen LogP contribution in [-0.4, -0.2) is 35.4 Å². The molecule has 1 N–H and O–H groups in total. The largest absolute Gasteiger partial charge is 0.350 e.